The second-order valence-electron chi connectivity index (χ2n) is 2.68. The van der Waals surface area contributed by atoms with Crippen LogP contribution in [0.3, 0.4) is 0 Å². The van der Waals surface area contributed by atoms with Crippen molar-refractivity contribution < 1.29 is 8.85 Å². The molecule has 0 bridgehead atoms. The van der Waals surface area contributed by atoms with E-state index in [4.69, 9.17) is 14.3 Å². The van der Waals surface area contributed by atoms with E-state index in [0.717, 1.165) is 25.6 Å². The Kier molecular flexibility index (Phi) is 6.59. The van der Waals surface area contributed by atoms with E-state index in [0.29, 0.717) is 0 Å². The molecule has 0 aromatic rings. The molecule has 4 nitrogen and oxygen atoms in total. The predicted molar refractivity (Wildman–Crippen MR) is 51.9 cm³/mol. The van der Waals surface area contributed by atoms with E-state index in [9.17, 15) is 0 Å². The Morgan fingerprint density at radius 1 is 1.33 bits per heavy atom. The van der Waals surface area contributed by atoms with Gasteiger partial charge in [-0.2, -0.15) is 0 Å². The van der Waals surface area contributed by atoms with Gasteiger partial charge in [0.25, 0.3) is 0 Å². The molecule has 0 aliphatic rings. The van der Waals surface area contributed by atoms with Crippen LogP contribution in [0.5, 0.6) is 0 Å². The predicted octanol–water partition coefficient (Wildman–Crippen LogP) is 0.176. The normalized spacial score (nSPS) is 12.0. The third-order valence-electron chi connectivity index (χ3n) is 1.82. The molecule has 0 spiro atoms. The fraction of sp³-hybridized carbons (Fsp3) is 1.00. The summed E-state index contributed by atoms with van der Waals surface area (Å²) >= 11 is 0. The largest absolute Gasteiger partial charge is 0.421 e. The summed E-state index contributed by atoms with van der Waals surface area (Å²) in [6.07, 6.45) is 1.01. The second kappa shape index (κ2) is 6.56. The summed E-state index contributed by atoms with van der Waals surface area (Å²) < 4.78 is 10.3. The van der Waals surface area contributed by atoms with Crippen LogP contribution in [0.25, 0.3) is 0 Å². The highest BCUT2D eigenvalue weighted by atomic mass is 28.4. The summed E-state index contributed by atoms with van der Waals surface area (Å²) in [5.74, 6) is 0. The zero-order chi connectivity index (χ0) is 9.45. The van der Waals surface area contributed by atoms with Gasteiger partial charge in [0.2, 0.25) is 0 Å². The van der Waals surface area contributed by atoms with Crippen LogP contribution in [0.4, 0.5) is 0 Å². The van der Waals surface area contributed by atoms with E-state index in [1.54, 1.807) is 14.2 Å². The average Bonchev–Trinajstić information content (AvgIpc) is 2.12. The molecule has 0 heterocycles. The fourth-order valence-electron chi connectivity index (χ4n) is 0.924. The highest BCUT2D eigenvalue weighted by Gasteiger charge is 2.29. The van der Waals surface area contributed by atoms with Gasteiger partial charge in [-0.05, 0) is 19.5 Å². The summed E-state index contributed by atoms with van der Waals surface area (Å²) in [5, 5.41) is 9.07. The topological polar surface area (TPSA) is 56.5 Å². The molecule has 0 aliphatic carbocycles. The zero-order valence-electron chi connectivity index (χ0n) is 8.22. The Morgan fingerprint density at radius 2 is 1.92 bits per heavy atom. The quantitative estimate of drug-likeness (QED) is 0.446. The molecular weight excluding hydrogens is 172 g/mol. The van der Waals surface area contributed by atoms with Gasteiger partial charge in [-0.15, -0.1) is 0 Å². The van der Waals surface area contributed by atoms with Crippen LogP contribution in [0.15, 0.2) is 0 Å². The number of nitrogens with one attached hydrogen (secondary N) is 1. The van der Waals surface area contributed by atoms with Gasteiger partial charge < -0.3 is 19.6 Å². The van der Waals surface area contributed by atoms with Gasteiger partial charge in [-0.1, -0.05) is 6.92 Å². The summed E-state index contributed by atoms with van der Waals surface area (Å²) in [4.78, 5) is 0. The monoisotopic (exact) mass is 192 g/mol. The summed E-state index contributed by atoms with van der Waals surface area (Å²) in [7, 11) is 0.941. The first-order valence-corrected chi connectivity index (χ1v) is 6.38. The maximum absolute atomic E-state index is 5.85. The molecule has 0 fully saturated rings. The van der Waals surface area contributed by atoms with Crippen molar-refractivity contribution >= 4 is 8.72 Å². The zero-order valence-corrected chi connectivity index (χ0v) is 9.22. The van der Waals surface area contributed by atoms with Crippen molar-refractivity contribution in [2.45, 2.75) is 19.4 Å². The molecule has 0 saturated carbocycles. The van der Waals surface area contributed by atoms with Crippen LogP contribution in [0.2, 0.25) is 6.04 Å². The molecule has 3 N–H and O–H groups in total. The molecule has 0 amide bonds. The first-order chi connectivity index (χ1) is 5.68. The van der Waals surface area contributed by atoms with Crippen LogP contribution < -0.4 is 10.7 Å². The Bertz CT molecular complexity index is 110. The van der Waals surface area contributed by atoms with Gasteiger partial charge >= 0.3 is 8.72 Å². The Hall–Kier alpha value is 0.0569. The number of nitrogens with two attached hydrogens (primary N) is 1. The van der Waals surface area contributed by atoms with Gasteiger partial charge in [-0.25, -0.2) is 0 Å². The molecule has 0 unspecified atom stereocenters. The standard InChI is InChI=1S/C7H20N2O2Si/c1-4-9-6-5-7-12(8,10-2)11-3/h9H,4-8H2,1-3H3. The van der Waals surface area contributed by atoms with Crippen LogP contribution in [-0.2, 0) is 8.85 Å². The first-order valence-electron chi connectivity index (χ1n) is 4.28. The lowest BCUT2D eigenvalue weighted by molar-refractivity contribution is 0.242. The Morgan fingerprint density at radius 3 is 2.33 bits per heavy atom. The molecule has 0 aromatic carbocycles. The lowest BCUT2D eigenvalue weighted by Crippen LogP contribution is -2.50. The maximum atomic E-state index is 5.85. The molecule has 5 heteroatoms. The highest BCUT2D eigenvalue weighted by Crippen LogP contribution is 2.06. The van der Waals surface area contributed by atoms with Crippen LogP contribution in [0.1, 0.15) is 13.3 Å². The molecule has 74 valence electrons. The van der Waals surface area contributed by atoms with Crippen molar-refractivity contribution in [3.05, 3.63) is 0 Å². The SMILES string of the molecule is CCNCCC[Si](N)(OC)OC. The maximum Gasteiger partial charge on any atom is 0.421 e. The van der Waals surface area contributed by atoms with E-state index >= 15 is 0 Å². The van der Waals surface area contributed by atoms with Crippen molar-refractivity contribution in [1.82, 2.24) is 5.32 Å². The minimum absolute atomic E-state index is 0.840. The van der Waals surface area contributed by atoms with Crippen molar-refractivity contribution in [3.63, 3.8) is 0 Å². The molecule has 0 aliphatic heterocycles. The van der Waals surface area contributed by atoms with Gasteiger partial charge in [0.1, 0.15) is 0 Å². The molecular formula is C7H20N2O2Si. The number of hydrogen-bond acceptors (Lipinski definition) is 4. The second-order valence-corrected chi connectivity index (χ2v) is 5.62. The minimum Gasteiger partial charge on any atom is -0.386 e. The van der Waals surface area contributed by atoms with Crippen LogP contribution in [-0.4, -0.2) is 36.0 Å². The smallest absolute Gasteiger partial charge is 0.386 e. The van der Waals surface area contributed by atoms with Gasteiger partial charge in [0, 0.05) is 20.3 Å². The lowest BCUT2D eigenvalue weighted by Gasteiger charge is -2.21. The molecule has 0 aromatic heterocycles. The Balaban J connectivity index is 3.45. The highest BCUT2D eigenvalue weighted by molar-refractivity contribution is 6.63. The van der Waals surface area contributed by atoms with Crippen molar-refractivity contribution in [2.75, 3.05) is 27.3 Å². The Labute approximate surface area is 75.8 Å². The van der Waals surface area contributed by atoms with Gasteiger partial charge in [0.05, 0.1) is 0 Å². The average molecular weight is 192 g/mol. The van der Waals surface area contributed by atoms with E-state index in [-0.39, 0.29) is 0 Å². The summed E-state index contributed by atoms with van der Waals surface area (Å²) in [6.45, 7) is 4.06. The number of hydrogen-bond donors (Lipinski definition) is 2. The molecule has 12 heavy (non-hydrogen) atoms. The van der Waals surface area contributed by atoms with Crippen LogP contribution in [0, 0.1) is 0 Å². The van der Waals surface area contributed by atoms with Crippen molar-refractivity contribution in [3.8, 4) is 0 Å². The van der Waals surface area contributed by atoms with E-state index in [2.05, 4.69) is 12.2 Å². The third-order valence-corrected chi connectivity index (χ3v) is 4.25. The van der Waals surface area contributed by atoms with E-state index in [1.807, 2.05) is 0 Å². The van der Waals surface area contributed by atoms with E-state index < -0.39 is 8.72 Å². The minimum atomic E-state index is -2.29. The van der Waals surface area contributed by atoms with Gasteiger partial charge in [0.15, 0.2) is 0 Å². The fourth-order valence-corrected chi connectivity index (χ4v) is 2.17. The summed E-state index contributed by atoms with van der Waals surface area (Å²) in [6, 6.07) is 0.840. The third kappa shape index (κ3) is 4.84. The molecule has 0 radical (unpaired) electrons. The van der Waals surface area contributed by atoms with Gasteiger partial charge in [-0.3, -0.25) is 0 Å². The molecule has 0 atom stereocenters. The van der Waals surface area contributed by atoms with Crippen molar-refractivity contribution in [2.24, 2.45) is 5.40 Å². The first kappa shape index (κ1) is 12.1. The summed E-state index contributed by atoms with van der Waals surface area (Å²) in [5.41, 5.74) is 0. The molecule has 0 rings (SSSR count). The number of rotatable bonds is 7. The molecule has 0 saturated heterocycles. The van der Waals surface area contributed by atoms with Crippen molar-refractivity contribution in [1.29, 1.82) is 0 Å². The van der Waals surface area contributed by atoms with Crippen LogP contribution >= 0.6 is 0 Å². The van der Waals surface area contributed by atoms with E-state index in [1.165, 1.54) is 0 Å². The lowest BCUT2D eigenvalue weighted by atomic mass is 10.5.